The number of aryl methyl sites for hydroxylation is 3. The second-order valence-electron chi connectivity index (χ2n) is 6.86. The van der Waals surface area contributed by atoms with Crippen molar-refractivity contribution in [3.63, 3.8) is 0 Å². The van der Waals surface area contributed by atoms with Crippen LogP contribution in [0.25, 0.3) is 0 Å². The van der Waals surface area contributed by atoms with Crippen LogP contribution in [0.5, 0.6) is 0 Å². The van der Waals surface area contributed by atoms with Gasteiger partial charge in [0.15, 0.2) is 0 Å². The number of hydrogen-bond acceptors (Lipinski definition) is 3. The van der Waals surface area contributed by atoms with Crippen molar-refractivity contribution >= 4 is 38.9 Å². The van der Waals surface area contributed by atoms with E-state index in [-0.39, 0.29) is 10.8 Å². The second-order valence-corrected chi connectivity index (χ2v) is 8.98. The summed E-state index contributed by atoms with van der Waals surface area (Å²) in [6.45, 7) is 5.55. The van der Waals surface area contributed by atoms with E-state index in [0.29, 0.717) is 27.5 Å². The molecule has 0 unspecified atom stereocenters. The van der Waals surface area contributed by atoms with E-state index in [9.17, 15) is 13.2 Å². The number of carbonyl (C=O) groups excluding carboxylic acids is 1. The number of anilines is 2. The summed E-state index contributed by atoms with van der Waals surface area (Å²) < 4.78 is 28.2. The molecule has 0 fully saturated rings. The molecule has 0 aliphatic carbocycles. The van der Waals surface area contributed by atoms with Crippen molar-refractivity contribution in [3.05, 3.63) is 87.9 Å². The Morgan fingerprint density at radius 3 is 2.07 bits per heavy atom. The molecule has 3 aromatic carbocycles. The number of rotatable bonds is 5. The minimum Gasteiger partial charge on any atom is -0.322 e. The lowest BCUT2D eigenvalue weighted by molar-refractivity contribution is 0.102. The standard InChI is InChI=1S/C22H21ClN2O3S/c1-14-4-10-21(15(2)12-14)25-29(27,28)19-9-11-20(16(3)13-19)24-22(26)17-5-7-18(23)8-6-17/h4-13,25H,1-3H3,(H,24,26). The van der Waals surface area contributed by atoms with Gasteiger partial charge in [-0.15, -0.1) is 0 Å². The molecule has 150 valence electrons. The van der Waals surface area contributed by atoms with Crippen molar-refractivity contribution in [1.29, 1.82) is 0 Å². The Balaban J connectivity index is 1.80. The molecule has 0 radical (unpaired) electrons. The molecule has 7 heteroatoms. The molecule has 0 aliphatic heterocycles. The van der Waals surface area contributed by atoms with Crippen LogP contribution >= 0.6 is 11.6 Å². The maximum absolute atomic E-state index is 12.8. The van der Waals surface area contributed by atoms with Gasteiger partial charge < -0.3 is 5.32 Å². The van der Waals surface area contributed by atoms with Crippen LogP contribution in [-0.4, -0.2) is 14.3 Å². The predicted molar refractivity (Wildman–Crippen MR) is 117 cm³/mol. The van der Waals surface area contributed by atoms with E-state index in [4.69, 9.17) is 11.6 Å². The van der Waals surface area contributed by atoms with Gasteiger partial charge in [0, 0.05) is 16.3 Å². The summed E-state index contributed by atoms with van der Waals surface area (Å²) in [7, 11) is -3.75. The first-order valence-electron chi connectivity index (χ1n) is 8.93. The molecule has 0 aliphatic rings. The molecular formula is C22H21ClN2O3S. The fourth-order valence-corrected chi connectivity index (χ4v) is 4.21. The second kappa shape index (κ2) is 8.27. The lowest BCUT2D eigenvalue weighted by atomic mass is 10.1. The van der Waals surface area contributed by atoms with E-state index in [2.05, 4.69) is 10.0 Å². The lowest BCUT2D eigenvalue weighted by Gasteiger charge is -2.13. The third-order valence-corrected chi connectivity index (χ3v) is 6.10. The molecule has 3 rings (SSSR count). The molecular weight excluding hydrogens is 408 g/mol. The number of carbonyl (C=O) groups is 1. The Hall–Kier alpha value is -2.83. The molecule has 5 nitrogen and oxygen atoms in total. The number of sulfonamides is 1. The van der Waals surface area contributed by atoms with Crippen molar-refractivity contribution in [1.82, 2.24) is 0 Å². The number of halogens is 1. The molecule has 0 atom stereocenters. The topological polar surface area (TPSA) is 75.3 Å². The molecule has 0 bridgehead atoms. The summed E-state index contributed by atoms with van der Waals surface area (Å²) in [6.07, 6.45) is 0. The first kappa shape index (κ1) is 20.9. The van der Waals surface area contributed by atoms with E-state index in [1.807, 2.05) is 26.0 Å². The lowest BCUT2D eigenvalue weighted by Crippen LogP contribution is -2.15. The van der Waals surface area contributed by atoms with Gasteiger partial charge in [-0.3, -0.25) is 9.52 Å². The summed E-state index contributed by atoms with van der Waals surface area (Å²) in [5, 5.41) is 3.34. The zero-order valence-electron chi connectivity index (χ0n) is 16.3. The Kier molecular flexibility index (Phi) is 5.96. The van der Waals surface area contributed by atoms with E-state index in [1.165, 1.54) is 12.1 Å². The molecule has 1 amide bonds. The zero-order chi connectivity index (χ0) is 21.2. The zero-order valence-corrected chi connectivity index (χ0v) is 17.9. The summed E-state index contributed by atoms with van der Waals surface area (Å²) in [5.41, 5.74) is 4.07. The Morgan fingerprint density at radius 1 is 0.828 bits per heavy atom. The van der Waals surface area contributed by atoms with E-state index in [1.54, 1.807) is 43.3 Å². The molecule has 29 heavy (non-hydrogen) atoms. The highest BCUT2D eigenvalue weighted by Gasteiger charge is 2.17. The maximum atomic E-state index is 12.8. The van der Waals surface area contributed by atoms with Crippen LogP contribution in [-0.2, 0) is 10.0 Å². The average Bonchev–Trinajstić information content (AvgIpc) is 2.66. The van der Waals surface area contributed by atoms with Crippen LogP contribution < -0.4 is 10.0 Å². The van der Waals surface area contributed by atoms with E-state index >= 15 is 0 Å². The third kappa shape index (κ3) is 4.96. The number of benzene rings is 3. The largest absolute Gasteiger partial charge is 0.322 e. The van der Waals surface area contributed by atoms with Gasteiger partial charge in [-0.2, -0.15) is 0 Å². The third-order valence-electron chi connectivity index (χ3n) is 4.49. The van der Waals surface area contributed by atoms with Gasteiger partial charge in [0.25, 0.3) is 15.9 Å². The van der Waals surface area contributed by atoms with Crippen molar-refractivity contribution in [2.45, 2.75) is 25.7 Å². The number of nitrogens with one attached hydrogen (secondary N) is 2. The summed E-state index contributed by atoms with van der Waals surface area (Å²) >= 11 is 5.84. The fraction of sp³-hybridized carbons (Fsp3) is 0.136. The van der Waals surface area contributed by atoms with Crippen LogP contribution in [0.1, 0.15) is 27.0 Å². The Bertz CT molecular complexity index is 1170. The van der Waals surface area contributed by atoms with Gasteiger partial charge in [0.2, 0.25) is 0 Å². The van der Waals surface area contributed by atoms with Crippen molar-refractivity contribution in [2.24, 2.45) is 0 Å². The molecule has 0 aromatic heterocycles. The van der Waals surface area contributed by atoms with Gasteiger partial charge in [-0.05, 0) is 80.4 Å². The highest BCUT2D eigenvalue weighted by atomic mass is 35.5. The van der Waals surface area contributed by atoms with Gasteiger partial charge in [0.1, 0.15) is 0 Å². The quantitative estimate of drug-likeness (QED) is 0.577. The summed E-state index contributed by atoms with van der Waals surface area (Å²) in [5.74, 6) is -0.297. The normalized spacial score (nSPS) is 11.2. The first-order valence-corrected chi connectivity index (χ1v) is 10.8. The first-order chi connectivity index (χ1) is 13.7. The minimum atomic E-state index is -3.75. The van der Waals surface area contributed by atoms with Crippen LogP contribution in [0, 0.1) is 20.8 Å². The summed E-state index contributed by atoms with van der Waals surface area (Å²) in [4.78, 5) is 12.5. The number of hydrogen-bond donors (Lipinski definition) is 2. The number of amides is 1. The SMILES string of the molecule is Cc1ccc(NS(=O)(=O)c2ccc(NC(=O)c3ccc(Cl)cc3)c(C)c2)c(C)c1. The highest BCUT2D eigenvalue weighted by Crippen LogP contribution is 2.24. The molecule has 0 saturated heterocycles. The van der Waals surface area contributed by atoms with Crippen LogP contribution in [0.15, 0.2) is 65.6 Å². The van der Waals surface area contributed by atoms with Gasteiger partial charge in [-0.1, -0.05) is 29.3 Å². The van der Waals surface area contributed by atoms with Crippen molar-refractivity contribution in [2.75, 3.05) is 10.0 Å². The van der Waals surface area contributed by atoms with Crippen LogP contribution in [0.2, 0.25) is 5.02 Å². The van der Waals surface area contributed by atoms with Crippen LogP contribution in [0.4, 0.5) is 11.4 Å². The maximum Gasteiger partial charge on any atom is 0.261 e. The Morgan fingerprint density at radius 2 is 1.45 bits per heavy atom. The van der Waals surface area contributed by atoms with Crippen LogP contribution in [0.3, 0.4) is 0 Å². The smallest absolute Gasteiger partial charge is 0.261 e. The monoisotopic (exact) mass is 428 g/mol. The van der Waals surface area contributed by atoms with Crippen molar-refractivity contribution < 1.29 is 13.2 Å². The van der Waals surface area contributed by atoms with E-state index in [0.717, 1.165) is 11.1 Å². The highest BCUT2D eigenvalue weighted by molar-refractivity contribution is 7.92. The van der Waals surface area contributed by atoms with Gasteiger partial charge in [-0.25, -0.2) is 8.42 Å². The Labute approximate surface area is 175 Å². The summed E-state index contributed by atoms with van der Waals surface area (Å²) in [6, 6.07) is 16.6. The van der Waals surface area contributed by atoms with E-state index < -0.39 is 10.0 Å². The van der Waals surface area contributed by atoms with Gasteiger partial charge in [0.05, 0.1) is 10.6 Å². The average molecular weight is 429 g/mol. The molecule has 3 aromatic rings. The molecule has 0 spiro atoms. The predicted octanol–water partition coefficient (Wildman–Crippen LogP) is 5.32. The molecule has 0 saturated carbocycles. The van der Waals surface area contributed by atoms with Crippen molar-refractivity contribution in [3.8, 4) is 0 Å². The minimum absolute atomic E-state index is 0.125. The molecule has 2 N–H and O–H groups in total. The molecule has 0 heterocycles. The van der Waals surface area contributed by atoms with Gasteiger partial charge >= 0.3 is 0 Å². The fourth-order valence-electron chi connectivity index (χ4n) is 2.87.